The maximum atomic E-state index is 6.45. The monoisotopic (exact) mass is 447 g/mol. The largest absolute Gasteiger partial charge is 0.461 e. The van der Waals surface area contributed by atoms with Crippen LogP contribution in [0.4, 0.5) is 0 Å². The highest BCUT2D eigenvalue weighted by atomic mass is 16.3. The summed E-state index contributed by atoms with van der Waals surface area (Å²) < 4.78 is 12.6. The molecule has 6 aromatic rings. The summed E-state index contributed by atoms with van der Waals surface area (Å²) in [5, 5.41) is 5.80. The van der Waals surface area contributed by atoms with Crippen LogP contribution in [0.15, 0.2) is 75.7 Å². The molecule has 0 saturated carbocycles. The van der Waals surface area contributed by atoms with Gasteiger partial charge < -0.3 is 8.83 Å². The van der Waals surface area contributed by atoms with Crippen LogP contribution in [-0.2, 0) is 11.8 Å². The van der Waals surface area contributed by atoms with Crippen molar-refractivity contribution in [2.24, 2.45) is 5.92 Å². The minimum absolute atomic E-state index is 0.00948. The van der Waals surface area contributed by atoms with Crippen LogP contribution in [0.1, 0.15) is 45.9 Å². The number of pyridine rings is 1. The molecule has 0 saturated heterocycles. The molecule has 0 unspecified atom stereocenters. The molecule has 3 aromatic heterocycles. The molecule has 0 atom stereocenters. The molecule has 0 spiro atoms. The van der Waals surface area contributed by atoms with E-state index in [0.717, 1.165) is 56.3 Å². The second kappa shape index (κ2) is 7.46. The van der Waals surface area contributed by atoms with Crippen LogP contribution < -0.4 is 0 Å². The van der Waals surface area contributed by atoms with Gasteiger partial charge in [-0.2, -0.15) is 0 Å². The fraction of sp³-hybridized carbons (Fsp3) is 0.258. The Bertz CT molecular complexity index is 1690. The number of aromatic nitrogens is 1. The van der Waals surface area contributed by atoms with Gasteiger partial charge >= 0.3 is 0 Å². The zero-order chi connectivity index (χ0) is 23.6. The molecule has 0 aliphatic carbocycles. The Morgan fingerprint density at radius 2 is 1.62 bits per heavy atom. The third-order valence-corrected chi connectivity index (χ3v) is 6.63. The highest BCUT2D eigenvalue weighted by Gasteiger charge is 2.21. The Hall–Kier alpha value is -3.59. The maximum Gasteiger partial charge on any atom is 0.161 e. The van der Waals surface area contributed by atoms with Gasteiger partial charge in [0.05, 0.1) is 0 Å². The van der Waals surface area contributed by atoms with Gasteiger partial charge in [0.25, 0.3) is 0 Å². The fourth-order valence-electron chi connectivity index (χ4n) is 5.07. The third kappa shape index (κ3) is 3.38. The SMILES string of the molecule is CC(C)Cc1cc2cc3c(cc2o1)oc1c(-c2cc(C(C)(C)C)c4ccccc4c2)nccc13. The molecule has 170 valence electrons. The Kier molecular flexibility index (Phi) is 4.60. The molecule has 34 heavy (non-hydrogen) atoms. The summed E-state index contributed by atoms with van der Waals surface area (Å²) >= 11 is 0. The lowest BCUT2D eigenvalue weighted by Gasteiger charge is -2.22. The van der Waals surface area contributed by atoms with Crippen molar-refractivity contribution >= 4 is 43.7 Å². The van der Waals surface area contributed by atoms with Crippen LogP contribution in [0.5, 0.6) is 0 Å². The van der Waals surface area contributed by atoms with E-state index in [4.69, 9.17) is 13.8 Å². The first-order chi connectivity index (χ1) is 16.3. The lowest BCUT2D eigenvalue weighted by molar-refractivity contribution is 0.499. The third-order valence-electron chi connectivity index (χ3n) is 6.63. The zero-order valence-corrected chi connectivity index (χ0v) is 20.4. The van der Waals surface area contributed by atoms with Crippen molar-refractivity contribution in [1.29, 1.82) is 0 Å². The first kappa shape index (κ1) is 21.0. The molecule has 6 rings (SSSR count). The average Bonchev–Trinajstić information content (AvgIpc) is 3.34. The number of hydrogen-bond acceptors (Lipinski definition) is 3. The number of furan rings is 2. The van der Waals surface area contributed by atoms with Gasteiger partial charge in [-0.15, -0.1) is 0 Å². The van der Waals surface area contributed by atoms with E-state index in [1.54, 1.807) is 0 Å². The number of nitrogens with zero attached hydrogens (tertiary/aromatic N) is 1. The van der Waals surface area contributed by atoms with Crippen molar-refractivity contribution in [2.45, 2.75) is 46.5 Å². The van der Waals surface area contributed by atoms with Gasteiger partial charge in [0, 0.05) is 40.4 Å². The van der Waals surface area contributed by atoms with E-state index in [1.165, 1.54) is 16.3 Å². The smallest absolute Gasteiger partial charge is 0.161 e. The first-order valence-corrected chi connectivity index (χ1v) is 12.1. The van der Waals surface area contributed by atoms with E-state index < -0.39 is 0 Å². The van der Waals surface area contributed by atoms with Crippen LogP contribution in [-0.4, -0.2) is 4.98 Å². The Labute approximate surface area is 199 Å². The van der Waals surface area contributed by atoms with E-state index in [0.29, 0.717) is 5.92 Å². The number of fused-ring (bicyclic) bond motifs is 5. The Morgan fingerprint density at radius 1 is 0.794 bits per heavy atom. The fourth-order valence-corrected chi connectivity index (χ4v) is 5.07. The lowest BCUT2D eigenvalue weighted by Crippen LogP contribution is -2.12. The normalized spacial score (nSPS) is 12.6. The summed E-state index contributed by atoms with van der Waals surface area (Å²) in [5.74, 6) is 1.58. The van der Waals surface area contributed by atoms with Crippen LogP contribution in [0.2, 0.25) is 0 Å². The average molecular weight is 448 g/mol. The van der Waals surface area contributed by atoms with E-state index in [9.17, 15) is 0 Å². The highest BCUT2D eigenvalue weighted by Crippen LogP contribution is 2.40. The number of benzene rings is 3. The van der Waals surface area contributed by atoms with Crippen molar-refractivity contribution in [3.05, 3.63) is 78.2 Å². The van der Waals surface area contributed by atoms with Crippen molar-refractivity contribution in [2.75, 3.05) is 0 Å². The second-order valence-corrected chi connectivity index (χ2v) is 10.8. The molecular formula is C31H29NO2. The molecule has 0 radical (unpaired) electrons. The summed E-state index contributed by atoms with van der Waals surface area (Å²) in [7, 11) is 0. The molecule has 3 heteroatoms. The van der Waals surface area contributed by atoms with Crippen molar-refractivity contribution in [1.82, 2.24) is 4.98 Å². The predicted octanol–water partition coefficient (Wildman–Crippen LogP) is 9.04. The minimum atomic E-state index is 0.00948. The minimum Gasteiger partial charge on any atom is -0.461 e. The van der Waals surface area contributed by atoms with Crippen LogP contribution in [0.3, 0.4) is 0 Å². The molecular weight excluding hydrogens is 418 g/mol. The molecule has 3 heterocycles. The predicted molar refractivity (Wildman–Crippen MR) is 141 cm³/mol. The van der Waals surface area contributed by atoms with Crippen LogP contribution >= 0.6 is 0 Å². The van der Waals surface area contributed by atoms with Crippen molar-refractivity contribution in [3.63, 3.8) is 0 Å². The van der Waals surface area contributed by atoms with Gasteiger partial charge in [0.2, 0.25) is 0 Å². The number of hydrogen-bond donors (Lipinski definition) is 0. The molecule has 0 bridgehead atoms. The summed E-state index contributed by atoms with van der Waals surface area (Å²) in [4.78, 5) is 4.79. The maximum absolute atomic E-state index is 6.45. The quantitative estimate of drug-likeness (QED) is 0.272. The summed E-state index contributed by atoms with van der Waals surface area (Å²) in [6.45, 7) is 11.2. The van der Waals surface area contributed by atoms with Crippen LogP contribution in [0, 0.1) is 5.92 Å². The van der Waals surface area contributed by atoms with Gasteiger partial charge in [-0.25, -0.2) is 0 Å². The Balaban J connectivity index is 1.58. The molecule has 3 nitrogen and oxygen atoms in total. The topological polar surface area (TPSA) is 39.2 Å². The summed E-state index contributed by atoms with van der Waals surface area (Å²) in [6.07, 6.45) is 2.82. The van der Waals surface area contributed by atoms with Gasteiger partial charge in [0.15, 0.2) is 5.58 Å². The molecule has 0 aliphatic heterocycles. The van der Waals surface area contributed by atoms with E-state index in [-0.39, 0.29) is 5.41 Å². The van der Waals surface area contributed by atoms with Gasteiger partial charge in [-0.1, -0.05) is 58.9 Å². The number of rotatable bonds is 3. The van der Waals surface area contributed by atoms with Crippen LogP contribution in [0.25, 0.3) is 54.9 Å². The molecule has 0 fully saturated rings. The van der Waals surface area contributed by atoms with E-state index in [1.807, 2.05) is 12.3 Å². The van der Waals surface area contributed by atoms with Crippen molar-refractivity contribution in [3.8, 4) is 11.3 Å². The summed E-state index contributed by atoms with van der Waals surface area (Å²) in [6, 6.07) is 21.5. The molecule has 0 amide bonds. The van der Waals surface area contributed by atoms with Crippen molar-refractivity contribution < 1.29 is 8.83 Å². The Morgan fingerprint density at radius 3 is 2.41 bits per heavy atom. The van der Waals surface area contributed by atoms with Gasteiger partial charge in [0.1, 0.15) is 22.6 Å². The van der Waals surface area contributed by atoms with Gasteiger partial charge in [-0.05, 0) is 58.0 Å². The summed E-state index contributed by atoms with van der Waals surface area (Å²) in [5.41, 5.74) is 5.80. The second-order valence-electron chi connectivity index (χ2n) is 10.8. The zero-order valence-electron chi connectivity index (χ0n) is 20.4. The molecule has 3 aromatic carbocycles. The molecule has 0 N–H and O–H groups in total. The van der Waals surface area contributed by atoms with E-state index >= 15 is 0 Å². The van der Waals surface area contributed by atoms with E-state index in [2.05, 4.69) is 89.2 Å². The standard InChI is InChI=1S/C31H29NO2/c1-18(2)12-22-14-20-15-25-24-10-11-32-29(30(24)34-28(25)17-27(20)33-22)21-13-19-8-6-7-9-23(19)26(16-21)31(3,4)5/h6-11,13-18H,12H2,1-5H3. The lowest BCUT2D eigenvalue weighted by atomic mass is 9.82. The first-order valence-electron chi connectivity index (χ1n) is 12.1. The molecule has 0 aliphatic rings. The van der Waals surface area contributed by atoms with Gasteiger partial charge in [-0.3, -0.25) is 4.98 Å². The highest BCUT2D eigenvalue weighted by molar-refractivity contribution is 6.12.